The fraction of sp³-hybridized carbons (Fsp3) is 0.333. The maximum atomic E-state index is 11.3. The minimum atomic E-state index is -1.01. The molecule has 2 aromatic rings. The monoisotopic (exact) mass is 279 g/mol. The molecule has 0 aromatic carbocycles. The number of carboxylic acid groups (broad SMARTS) is 1. The summed E-state index contributed by atoms with van der Waals surface area (Å²) < 4.78 is 4.74. The number of carbonyl (C=O) groups is 1. The molecule has 0 amide bonds. The van der Waals surface area contributed by atoms with Gasteiger partial charge in [0.15, 0.2) is 0 Å². The van der Waals surface area contributed by atoms with Crippen molar-refractivity contribution >= 4 is 17.7 Å². The molecule has 0 saturated heterocycles. The van der Waals surface area contributed by atoms with Crippen molar-refractivity contribution in [2.45, 2.75) is 31.0 Å². The first kappa shape index (κ1) is 13.5. The van der Waals surface area contributed by atoms with E-state index in [1.807, 2.05) is 6.92 Å². The number of rotatable bonds is 5. The molecule has 2 heterocycles. The molecule has 0 bridgehead atoms. The van der Waals surface area contributed by atoms with Gasteiger partial charge >= 0.3 is 5.97 Å². The van der Waals surface area contributed by atoms with E-state index in [0.29, 0.717) is 28.7 Å². The van der Waals surface area contributed by atoms with Crippen LogP contribution in [0, 0.1) is 6.92 Å². The van der Waals surface area contributed by atoms with Crippen LogP contribution in [0.5, 0.6) is 0 Å². The Hall–Kier alpha value is -1.89. The van der Waals surface area contributed by atoms with Crippen molar-refractivity contribution in [3.8, 4) is 0 Å². The highest BCUT2D eigenvalue weighted by Crippen LogP contribution is 2.26. The molecule has 0 spiro atoms. The summed E-state index contributed by atoms with van der Waals surface area (Å²) in [6, 6.07) is 0. The Kier molecular flexibility index (Phi) is 4.16. The summed E-state index contributed by atoms with van der Waals surface area (Å²) in [7, 11) is 0. The predicted molar refractivity (Wildman–Crippen MR) is 69.2 cm³/mol. The number of hydrogen-bond acceptors (Lipinski definition) is 6. The van der Waals surface area contributed by atoms with E-state index >= 15 is 0 Å². The van der Waals surface area contributed by atoms with Crippen LogP contribution in [-0.2, 0) is 12.2 Å². The van der Waals surface area contributed by atoms with Gasteiger partial charge in [-0.3, -0.25) is 0 Å². The zero-order valence-corrected chi connectivity index (χ0v) is 11.4. The number of hydrogen-bond donors (Lipinski definition) is 1. The maximum Gasteiger partial charge on any atom is 0.340 e. The second-order valence-corrected chi connectivity index (χ2v) is 4.85. The third-order valence-corrected chi connectivity index (χ3v) is 3.54. The first-order chi connectivity index (χ1) is 9.11. The van der Waals surface area contributed by atoms with Crippen molar-refractivity contribution in [1.29, 1.82) is 0 Å². The third kappa shape index (κ3) is 3.11. The van der Waals surface area contributed by atoms with Gasteiger partial charge in [-0.1, -0.05) is 12.1 Å². The normalized spacial score (nSPS) is 10.6. The van der Waals surface area contributed by atoms with E-state index in [4.69, 9.17) is 4.52 Å². The Morgan fingerprint density at radius 2 is 2.26 bits per heavy atom. The standard InChI is InChI=1S/C12H13N3O3S/c1-3-9-14-7(2)10(12(16)17)11(15-9)19-6-8-4-13-18-5-8/h4-5H,3,6H2,1-2H3,(H,16,17). The number of nitrogens with zero attached hydrogens (tertiary/aromatic N) is 3. The number of aryl methyl sites for hydroxylation is 2. The van der Waals surface area contributed by atoms with Crippen molar-refractivity contribution in [3.05, 3.63) is 35.1 Å². The summed E-state index contributed by atoms with van der Waals surface area (Å²) in [5, 5.41) is 13.3. The third-order valence-electron chi connectivity index (χ3n) is 2.49. The summed E-state index contributed by atoms with van der Waals surface area (Å²) >= 11 is 1.34. The van der Waals surface area contributed by atoms with Gasteiger partial charge in [0, 0.05) is 17.7 Å². The second kappa shape index (κ2) is 5.83. The highest BCUT2D eigenvalue weighted by Gasteiger charge is 2.18. The molecule has 2 rings (SSSR count). The molecule has 0 aliphatic rings. The van der Waals surface area contributed by atoms with E-state index in [9.17, 15) is 9.90 Å². The first-order valence-corrected chi connectivity index (χ1v) is 6.72. The minimum Gasteiger partial charge on any atom is -0.478 e. The van der Waals surface area contributed by atoms with E-state index in [-0.39, 0.29) is 5.56 Å². The van der Waals surface area contributed by atoms with Crippen molar-refractivity contribution in [3.63, 3.8) is 0 Å². The average molecular weight is 279 g/mol. The Morgan fingerprint density at radius 1 is 1.47 bits per heavy atom. The summed E-state index contributed by atoms with van der Waals surface area (Å²) in [6.07, 6.45) is 3.80. The minimum absolute atomic E-state index is 0.165. The second-order valence-electron chi connectivity index (χ2n) is 3.89. The van der Waals surface area contributed by atoms with E-state index in [1.54, 1.807) is 13.1 Å². The molecular formula is C12H13N3O3S. The largest absolute Gasteiger partial charge is 0.478 e. The lowest BCUT2D eigenvalue weighted by Gasteiger charge is -2.08. The van der Waals surface area contributed by atoms with Gasteiger partial charge in [-0.15, -0.1) is 11.8 Å². The molecule has 7 heteroatoms. The van der Waals surface area contributed by atoms with Gasteiger partial charge in [0.05, 0.1) is 11.9 Å². The van der Waals surface area contributed by atoms with E-state index in [1.165, 1.54) is 18.0 Å². The number of aromatic carboxylic acids is 1. The predicted octanol–water partition coefficient (Wildman–Crippen LogP) is 2.33. The molecule has 19 heavy (non-hydrogen) atoms. The highest BCUT2D eigenvalue weighted by atomic mass is 32.2. The van der Waals surface area contributed by atoms with Crippen molar-refractivity contribution in [1.82, 2.24) is 15.1 Å². The SMILES string of the molecule is CCc1nc(C)c(C(=O)O)c(SCc2cnoc2)n1. The van der Waals surface area contributed by atoms with E-state index in [0.717, 1.165) is 5.56 Å². The average Bonchev–Trinajstić information content (AvgIpc) is 2.88. The Bertz CT molecular complexity index is 584. The lowest BCUT2D eigenvalue weighted by molar-refractivity contribution is 0.0690. The van der Waals surface area contributed by atoms with Crippen LogP contribution in [0.3, 0.4) is 0 Å². The molecule has 0 saturated carbocycles. The van der Waals surface area contributed by atoms with Crippen LogP contribution in [0.15, 0.2) is 22.0 Å². The summed E-state index contributed by atoms with van der Waals surface area (Å²) in [5.41, 5.74) is 1.54. The molecule has 0 aliphatic carbocycles. The van der Waals surface area contributed by atoms with Gasteiger partial charge in [0.1, 0.15) is 22.7 Å². The van der Waals surface area contributed by atoms with Crippen LogP contribution >= 0.6 is 11.8 Å². The molecule has 0 unspecified atom stereocenters. The van der Waals surface area contributed by atoms with Gasteiger partial charge < -0.3 is 9.63 Å². The molecule has 2 aromatic heterocycles. The Morgan fingerprint density at radius 3 is 2.84 bits per heavy atom. The number of aromatic nitrogens is 3. The van der Waals surface area contributed by atoms with Crippen LogP contribution in [0.1, 0.15) is 34.4 Å². The number of carboxylic acids is 1. The van der Waals surface area contributed by atoms with Gasteiger partial charge in [-0.25, -0.2) is 14.8 Å². The fourth-order valence-electron chi connectivity index (χ4n) is 1.56. The van der Waals surface area contributed by atoms with Gasteiger partial charge in [-0.05, 0) is 6.92 Å². The fourth-order valence-corrected chi connectivity index (χ4v) is 2.56. The van der Waals surface area contributed by atoms with Crippen molar-refractivity contribution in [2.24, 2.45) is 0 Å². The smallest absolute Gasteiger partial charge is 0.340 e. The molecule has 0 radical (unpaired) electrons. The quantitative estimate of drug-likeness (QED) is 0.663. The molecule has 1 N–H and O–H groups in total. The van der Waals surface area contributed by atoms with Crippen LogP contribution in [0.2, 0.25) is 0 Å². The Labute approximate surface area is 114 Å². The molecule has 0 aliphatic heterocycles. The molecule has 100 valence electrons. The maximum absolute atomic E-state index is 11.3. The molecular weight excluding hydrogens is 266 g/mol. The number of thioether (sulfide) groups is 1. The van der Waals surface area contributed by atoms with Crippen LogP contribution in [-0.4, -0.2) is 26.2 Å². The zero-order valence-electron chi connectivity index (χ0n) is 10.6. The van der Waals surface area contributed by atoms with E-state index in [2.05, 4.69) is 15.1 Å². The summed E-state index contributed by atoms with van der Waals surface area (Å²) in [6.45, 7) is 3.62. The zero-order chi connectivity index (χ0) is 13.8. The van der Waals surface area contributed by atoms with Gasteiger partial charge in [0.25, 0.3) is 0 Å². The molecule has 0 atom stereocenters. The summed E-state index contributed by atoms with van der Waals surface area (Å²) in [4.78, 5) is 19.8. The van der Waals surface area contributed by atoms with Crippen LogP contribution in [0.25, 0.3) is 0 Å². The lowest BCUT2D eigenvalue weighted by atomic mass is 10.2. The van der Waals surface area contributed by atoms with E-state index < -0.39 is 5.97 Å². The topological polar surface area (TPSA) is 89.1 Å². The molecule has 0 fully saturated rings. The first-order valence-electron chi connectivity index (χ1n) is 5.73. The highest BCUT2D eigenvalue weighted by molar-refractivity contribution is 7.98. The van der Waals surface area contributed by atoms with Crippen LogP contribution < -0.4 is 0 Å². The Balaban J connectivity index is 2.30. The van der Waals surface area contributed by atoms with Gasteiger partial charge in [-0.2, -0.15) is 0 Å². The summed E-state index contributed by atoms with van der Waals surface area (Å²) in [5.74, 6) is 0.201. The van der Waals surface area contributed by atoms with Crippen molar-refractivity contribution in [2.75, 3.05) is 0 Å². The van der Waals surface area contributed by atoms with Crippen molar-refractivity contribution < 1.29 is 14.4 Å². The van der Waals surface area contributed by atoms with Crippen LogP contribution in [0.4, 0.5) is 0 Å². The lowest BCUT2D eigenvalue weighted by Crippen LogP contribution is -2.09. The molecule has 6 nitrogen and oxygen atoms in total. The van der Waals surface area contributed by atoms with Gasteiger partial charge in [0.2, 0.25) is 0 Å².